The molecule has 0 aliphatic rings. The third kappa shape index (κ3) is 3.05. The molecule has 0 spiro atoms. The summed E-state index contributed by atoms with van der Waals surface area (Å²) in [5.41, 5.74) is 7.54. The lowest BCUT2D eigenvalue weighted by Crippen LogP contribution is -2.47. The number of amides is 1. The van der Waals surface area contributed by atoms with Gasteiger partial charge in [-0.25, -0.2) is 0 Å². The molecule has 2 aromatic rings. The van der Waals surface area contributed by atoms with Crippen molar-refractivity contribution >= 4 is 22.6 Å². The van der Waals surface area contributed by atoms with Crippen LogP contribution in [-0.2, 0) is 16.0 Å². The summed E-state index contributed by atoms with van der Waals surface area (Å²) in [6, 6.07) is 6.69. The van der Waals surface area contributed by atoms with Crippen LogP contribution in [-0.4, -0.2) is 28.8 Å². The van der Waals surface area contributed by atoms with Gasteiger partial charge < -0.3 is 16.0 Å². The summed E-state index contributed by atoms with van der Waals surface area (Å²) in [5, 5.41) is 3.76. The van der Waals surface area contributed by atoms with Crippen LogP contribution in [0.25, 0.3) is 10.9 Å². The van der Waals surface area contributed by atoms with E-state index < -0.39 is 12.1 Å². The fourth-order valence-corrected chi connectivity index (χ4v) is 2.12. The summed E-state index contributed by atoms with van der Waals surface area (Å²) < 4.78 is 0. The fraction of sp³-hybridized carbons (Fsp3) is 0.333. The molecule has 0 aliphatic heterocycles. The Morgan fingerprint density at radius 3 is 2.70 bits per heavy atom. The normalized spacial score (nSPS) is 13.9. The van der Waals surface area contributed by atoms with E-state index in [0.717, 1.165) is 16.5 Å². The van der Waals surface area contributed by atoms with Crippen LogP contribution in [0.2, 0.25) is 0 Å². The maximum absolute atomic E-state index is 11.7. The van der Waals surface area contributed by atoms with E-state index in [1.54, 1.807) is 6.92 Å². The van der Waals surface area contributed by atoms with Crippen LogP contribution < -0.4 is 11.1 Å². The van der Waals surface area contributed by atoms with Crippen molar-refractivity contribution in [2.24, 2.45) is 5.73 Å². The minimum Gasteiger partial charge on any atom is -0.361 e. The maximum Gasteiger partial charge on any atom is 0.237 e. The first-order valence-corrected chi connectivity index (χ1v) is 6.60. The van der Waals surface area contributed by atoms with Crippen LogP contribution in [0.4, 0.5) is 0 Å². The molecule has 106 valence electrons. The van der Waals surface area contributed by atoms with Crippen LogP contribution in [0.15, 0.2) is 30.5 Å². The van der Waals surface area contributed by atoms with Gasteiger partial charge in [-0.2, -0.15) is 0 Å². The summed E-state index contributed by atoms with van der Waals surface area (Å²) in [4.78, 5) is 26.5. The van der Waals surface area contributed by atoms with Crippen LogP contribution in [0, 0.1) is 0 Å². The van der Waals surface area contributed by atoms with Gasteiger partial charge in [-0.3, -0.25) is 9.59 Å². The molecule has 0 radical (unpaired) electrons. The van der Waals surface area contributed by atoms with Crippen molar-refractivity contribution in [3.8, 4) is 0 Å². The first-order chi connectivity index (χ1) is 9.49. The number of nitrogens with two attached hydrogens (primary N) is 1. The van der Waals surface area contributed by atoms with Gasteiger partial charge in [-0.05, 0) is 25.5 Å². The molecule has 2 rings (SSSR count). The largest absolute Gasteiger partial charge is 0.361 e. The average Bonchev–Trinajstić information content (AvgIpc) is 2.81. The van der Waals surface area contributed by atoms with Gasteiger partial charge in [0.2, 0.25) is 5.91 Å². The summed E-state index contributed by atoms with van der Waals surface area (Å²) in [7, 11) is 0. The Morgan fingerprint density at radius 1 is 1.35 bits per heavy atom. The number of benzene rings is 1. The topological polar surface area (TPSA) is 88.0 Å². The lowest BCUT2D eigenvalue weighted by molar-refractivity contribution is -0.127. The predicted molar refractivity (Wildman–Crippen MR) is 78.3 cm³/mol. The van der Waals surface area contributed by atoms with Crippen molar-refractivity contribution in [3.05, 3.63) is 36.0 Å². The van der Waals surface area contributed by atoms with Gasteiger partial charge in [-0.1, -0.05) is 18.2 Å². The van der Waals surface area contributed by atoms with E-state index in [9.17, 15) is 9.59 Å². The SMILES string of the molecule is CC(=O)[C@H](Cc1c[nH]c2ccccc12)NC(=O)[C@H](C)N. The Bertz CT molecular complexity index is 631. The van der Waals surface area contributed by atoms with E-state index in [1.807, 2.05) is 30.5 Å². The minimum absolute atomic E-state index is 0.0794. The zero-order valence-corrected chi connectivity index (χ0v) is 11.6. The van der Waals surface area contributed by atoms with Crippen LogP contribution >= 0.6 is 0 Å². The van der Waals surface area contributed by atoms with Crippen molar-refractivity contribution in [2.45, 2.75) is 32.4 Å². The quantitative estimate of drug-likeness (QED) is 0.763. The maximum atomic E-state index is 11.7. The van der Waals surface area contributed by atoms with Gasteiger partial charge in [0.1, 0.15) is 0 Å². The number of aromatic nitrogens is 1. The zero-order chi connectivity index (χ0) is 14.7. The average molecular weight is 273 g/mol. The van der Waals surface area contributed by atoms with Crippen LogP contribution in [0.5, 0.6) is 0 Å². The smallest absolute Gasteiger partial charge is 0.237 e. The molecule has 0 fully saturated rings. The molecule has 0 unspecified atom stereocenters. The molecule has 1 aromatic heterocycles. The number of para-hydroxylation sites is 1. The lowest BCUT2D eigenvalue weighted by atomic mass is 10.0. The monoisotopic (exact) mass is 273 g/mol. The van der Waals surface area contributed by atoms with E-state index in [-0.39, 0.29) is 11.7 Å². The number of aromatic amines is 1. The number of fused-ring (bicyclic) bond motifs is 1. The third-order valence-electron chi connectivity index (χ3n) is 3.32. The Kier molecular flexibility index (Phi) is 4.20. The van der Waals surface area contributed by atoms with Crippen molar-refractivity contribution in [1.82, 2.24) is 10.3 Å². The molecule has 5 heteroatoms. The lowest BCUT2D eigenvalue weighted by Gasteiger charge is -2.17. The number of carbonyl (C=O) groups is 2. The second-order valence-corrected chi connectivity index (χ2v) is 5.02. The number of nitrogens with one attached hydrogen (secondary N) is 2. The molecule has 4 N–H and O–H groups in total. The number of ketones is 1. The highest BCUT2D eigenvalue weighted by Gasteiger charge is 2.20. The van der Waals surface area contributed by atoms with Crippen molar-refractivity contribution in [1.29, 1.82) is 0 Å². The molecule has 1 amide bonds. The first-order valence-electron chi connectivity index (χ1n) is 6.60. The Balaban J connectivity index is 2.20. The molecule has 20 heavy (non-hydrogen) atoms. The summed E-state index contributed by atoms with van der Waals surface area (Å²) in [6.07, 6.45) is 2.33. The number of carbonyl (C=O) groups excluding carboxylic acids is 2. The number of rotatable bonds is 5. The van der Waals surface area contributed by atoms with Crippen molar-refractivity contribution < 1.29 is 9.59 Å². The molecular weight excluding hydrogens is 254 g/mol. The Morgan fingerprint density at radius 2 is 2.05 bits per heavy atom. The van der Waals surface area contributed by atoms with Gasteiger partial charge in [0.15, 0.2) is 5.78 Å². The molecule has 2 atom stereocenters. The molecule has 5 nitrogen and oxygen atoms in total. The molecule has 0 bridgehead atoms. The fourth-order valence-electron chi connectivity index (χ4n) is 2.12. The predicted octanol–water partition coefficient (Wildman–Crippen LogP) is 1.13. The van der Waals surface area contributed by atoms with Gasteiger partial charge in [0.05, 0.1) is 12.1 Å². The molecular formula is C15H19N3O2. The van der Waals surface area contributed by atoms with Gasteiger partial charge in [0, 0.05) is 23.5 Å². The Labute approximate surface area is 117 Å². The van der Waals surface area contributed by atoms with Crippen molar-refractivity contribution in [3.63, 3.8) is 0 Å². The van der Waals surface area contributed by atoms with E-state index >= 15 is 0 Å². The standard InChI is InChI=1S/C15H19N3O2/c1-9(16)15(20)18-14(10(2)19)7-11-8-17-13-6-4-3-5-12(11)13/h3-6,8-9,14,17H,7,16H2,1-2H3,(H,18,20)/t9-,14-/m0/s1. The number of Topliss-reactive ketones (excluding diaryl/α,β-unsaturated/α-hetero) is 1. The zero-order valence-electron chi connectivity index (χ0n) is 11.6. The molecule has 0 saturated carbocycles. The van der Waals surface area contributed by atoms with Gasteiger partial charge in [0.25, 0.3) is 0 Å². The summed E-state index contributed by atoms with van der Waals surface area (Å²) >= 11 is 0. The number of H-pyrrole nitrogens is 1. The van der Waals surface area contributed by atoms with Crippen LogP contribution in [0.1, 0.15) is 19.4 Å². The van der Waals surface area contributed by atoms with Crippen LogP contribution in [0.3, 0.4) is 0 Å². The molecule has 1 heterocycles. The molecule has 0 aliphatic carbocycles. The third-order valence-corrected chi connectivity index (χ3v) is 3.32. The van der Waals surface area contributed by atoms with E-state index in [1.165, 1.54) is 6.92 Å². The Hall–Kier alpha value is -2.14. The minimum atomic E-state index is -0.625. The number of hydrogen-bond acceptors (Lipinski definition) is 3. The van der Waals surface area contributed by atoms with E-state index in [2.05, 4.69) is 10.3 Å². The second-order valence-electron chi connectivity index (χ2n) is 5.02. The first kappa shape index (κ1) is 14.3. The molecule has 1 aromatic carbocycles. The second kappa shape index (κ2) is 5.88. The van der Waals surface area contributed by atoms with Gasteiger partial charge >= 0.3 is 0 Å². The van der Waals surface area contributed by atoms with E-state index in [0.29, 0.717) is 6.42 Å². The summed E-state index contributed by atoms with van der Waals surface area (Å²) in [6.45, 7) is 3.07. The van der Waals surface area contributed by atoms with Crippen molar-refractivity contribution in [2.75, 3.05) is 0 Å². The number of hydrogen-bond donors (Lipinski definition) is 3. The highest BCUT2D eigenvalue weighted by Crippen LogP contribution is 2.19. The van der Waals surface area contributed by atoms with E-state index in [4.69, 9.17) is 5.73 Å². The van der Waals surface area contributed by atoms with Gasteiger partial charge in [-0.15, -0.1) is 0 Å². The highest BCUT2D eigenvalue weighted by molar-refractivity contribution is 5.90. The highest BCUT2D eigenvalue weighted by atomic mass is 16.2. The molecule has 0 saturated heterocycles. The summed E-state index contributed by atoms with van der Waals surface area (Å²) in [5.74, 6) is -0.394.